The minimum atomic E-state index is -1.01. The maximum absolute atomic E-state index is 11.2. The summed E-state index contributed by atoms with van der Waals surface area (Å²) in [4.78, 5) is 11.2. The van der Waals surface area contributed by atoms with Gasteiger partial charge in [-0.1, -0.05) is 108 Å². The number of carboxylic acid groups (broad SMARTS) is 1. The largest absolute Gasteiger partial charge is 0.491 e. The summed E-state index contributed by atoms with van der Waals surface area (Å²) in [5, 5.41) is 9.54. The smallest absolute Gasteiger partial charge is 0.339 e. The van der Waals surface area contributed by atoms with E-state index >= 15 is 0 Å². The molecule has 154 valence electrons. The molecule has 0 radical (unpaired) electrons. The molecule has 0 saturated heterocycles. The molecule has 1 rings (SSSR count). The fraction of sp³-hybridized carbons (Fsp3) is 0.696. The van der Waals surface area contributed by atoms with Crippen LogP contribution < -0.4 is 4.74 Å². The standard InChI is InChI=1S/C23H37ClO3/c1-2-3-4-5-6-7-8-9-10-11-12-13-14-15-19-27-22-20(23(25)26)17-16-18-21(22)24/h16-18H,2-15,19H2,1H3,(H,25,26). The van der Waals surface area contributed by atoms with Crippen molar-refractivity contribution in [1.29, 1.82) is 0 Å². The molecule has 1 N–H and O–H groups in total. The summed E-state index contributed by atoms with van der Waals surface area (Å²) < 4.78 is 5.62. The van der Waals surface area contributed by atoms with Crippen molar-refractivity contribution in [3.8, 4) is 5.75 Å². The Kier molecular flexibility index (Phi) is 13.9. The lowest BCUT2D eigenvalue weighted by Gasteiger charge is -2.10. The highest BCUT2D eigenvalue weighted by molar-refractivity contribution is 6.32. The average molecular weight is 397 g/mol. The van der Waals surface area contributed by atoms with Crippen LogP contribution in [0.5, 0.6) is 5.75 Å². The minimum Gasteiger partial charge on any atom is -0.491 e. The van der Waals surface area contributed by atoms with Gasteiger partial charge in [-0.15, -0.1) is 0 Å². The van der Waals surface area contributed by atoms with Gasteiger partial charge in [0.15, 0.2) is 5.75 Å². The van der Waals surface area contributed by atoms with E-state index in [2.05, 4.69) is 6.92 Å². The third kappa shape index (κ3) is 11.3. The average Bonchev–Trinajstić information content (AvgIpc) is 2.65. The van der Waals surface area contributed by atoms with Gasteiger partial charge in [-0.25, -0.2) is 4.79 Å². The normalized spacial score (nSPS) is 10.9. The van der Waals surface area contributed by atoms with Crippen molar-refractivity contribution >= 4 is 17.6 Å². The number of hydrogen-bond donors (Lipinski definition) is 1. The predicted molar refractivity (Wildman–Crippen MR) is 114 cm³/mol. The van der Waals surface area contributed by atoms with E-state index in [1.807, 2.05) is 0 Å². The van der Waals surface area contributed by atoms with Gasteiger partial charge in [-0.2, -0.15) is 0 Å². The molecule has 0 amide bonds. The number of benzene rings is 1. The Morgan fingerprint density at radius 2 is 1.33 bits per heavy atom. The van der Waals surface area contributed by atoms with Gasteiger partial charge in [0, 0.05) is 0 Å². The molecule has 1 aromatic carbocycles. The number of aromatic carboxylic acids is 1. The molecule has 4 heteroatoms. The van der Waals surface area contributed by atoms with Gasteiger partial charge < -0.3 is 9.84 Å². The van der Waals surface area contributed by atoms with Crippen LogP contribution in [-0.4, -0.2) is 17.7 Å². The Balaban J connectivity index is 1.95. The fourth-order valence-corrected chi connectivity index (χ4v) is 3.52. The molecule has 0 aliphatic heterocycles. The number of carboxylic acids is 1. The number of halogens is 1. The van der Waals surface area contributed by atoms with Crippen molar-refractivity contribution in [2.75, 3.05) is 6.61 Å². The molecule has 1 aromatic rings. The molecule has 0 aliphatic carbocycles. The highest BCUT2D eigenvalue weighted by atomic mass is 35.5. The van der Waals surface area contributed by atoms with Crippen molar-refractivity contribution in [2.45, 2.75) is 96.8 Å². The van der Waals surface area contributed by atoms with E-state index in [1.165, 1.54) is 83.1 Å². The Bertz CT molecular complexity index is 516. The first-order valence-corrected chi connectivity index (χ1v) is 11.2. The van der Waals surface area contributed by atoms with Gasteiger partial charge in [0.25, 0.3) is 0 Å². The SMILES string of the molecule is CCCCCCCCCCCCCCCCOc1c(Cl)cccc1C(=O)O. The number of ether oxygens (including phenoxy) is 1. The third-order valence-corrected chi connectivity index (χ3v) is 5.24. The summed E-state index contributed by atoms with van der Waals surface area (Å²) in [7, 11) is 0. The second-order valence-electron chi connectivity index (χ2n) is 7.37. The van der Waals surface area contributed by atoms with Crippen molar-refractivity contribution in [3.05, 3.63) is 28.8 Å². The number of hydrogen-bond acceptors (Lipinski definition) is 2. The van der Waals surface area contributed by atoms with Crippen LogP contribution in [-0.2, 0) is 0 Å². The van der Waals surface area contributed by atoms with E-state index in [-0.39, 0.29) is 5.56 Å². The molecule has 0 bridgehead atoms. The van der Waals surface area contributed by atoms with Gasteiger partial charge in [0.1, 0.15) is 5.56 Å². The van der Waals surface area contributed by atoms with Crippen molar-refractivity contribution in [3.63, 3.8) is 0 Å². The zero-order valence-corrected chi connectivity index (χ0v) is 17.7. The van der Waals surface area contributed by atoms with Crippen molar-refractivity contribution in [2.24, 2.45) is 0 Å². The van der Waals surface area contributed by atoms with Gasteiger partial charge in [0.05, 0.1) is 11.6 Å². The maximum Gasteiger partial charge on any atom is 0.339 e. The van der Waals surface area contributed by atoms with Crippen molar-refractivity contribution in [1.82, 2.24) is 0 Å². The Morgan fingerprint density at radius 3 is 1.81 bits per heavy atom. The number of para-hydroxylation sites is 1. The van der Waals surface area contributed by atoms with Crippen LogP contribution in [0.4, 0.5) is 0 Å². The van der Waals surface area contributed by atoms with Crippen LogP contribution in [0.2, 0.25) is 5.02 Å². The fourth-order valence-electron chi connectivity index (χ4n) is 3.29. The highest BCUT2D eigenvalue weighted by Gasteiger charge is 2.14. The van der Waals surface area contributed by atoms with E-state index in [0.717, 1.165) is 12.8 Å². The van der Waals surface area contributed by atoms with Crippen LogP contribution in [0.1, 0.15) is 107 Å². The first kappa shape index (κ1) is 23.8. The molecular weight excluding hydrogens is 360 g/mol. The first-order chi connectivity index (χ1) is 13.2. The number of unbranched alkanes of at least 4 members (excludes halogenated alkanes) is 13. The maximum atomic E-state index is 11.2. The number of carbonyl (C=O) groups is 1. The van der Waals surface area contributed by atoms with Gasteiger partial charge >= 0.3 is 5.97 Å². The molecule has 0 aliphatic rings. The van der Waals surface area contributed by atoms with Crippen LogP contribution in [0.3, 0.4) is 0 Å². The molecule has 0 fully saturated rings. The highest BCUT2D eigenvalue weighted by Crippen LogP contribution is 2.29. The monoisotopic (exact) mass is 396 g/mol. The lowest BCUT2D eigenvalue weighted by atomic mass is 10.0. The summed E-state index contributed by atoms with van der Waals surface area (Å²) in [6.07, 6.45) is 18.4. The molecule has 0 unspecified atom stereocenters. The zero-order valence-electron chi connectivity index (χ0n) is 17.0. The lowest BCUT2D eigenvalue weighted by Crippen LogP contribution is -2.05. The Labute approximate surface area is 170 Å². The molecule has 0 atom stereocenters. The van der Waals surface area contributed by atoms with Crippen LogP contribution in [0.25, 0.3) is 0 Å². The van der Waals surface area contributed by atoms with Gasteiger partial charge in [-0.3, -0.25) is 0 Å². The van der Waals surface area contributed by atoms with E-state index < -0.39 is 5.97 Å². The van der Waals surface area contributed by atoms with Gasteiger partial charge in [-0.05, 0) is 18.6 Å². The van der Waals surface area contributed by atoms with E-state index in [9.17, 15) is 9.90 Å². The molecule has 0 spiro atoms. The topological polar surface area (TPSA) is 46.5 Å². The van der Waals surface area contributed by atoms with Crippen LogP contribution in [0.15, 0.2) is 18.2 Å². The van der Waals surface area contributed by atoms with E-state index in [4.69, 9.17) is 16.3 Å². The summed E-state index contributed by atoms with van der Waals surface area (Å²) in [6, 6.07) is 4.81. The second-order valence-corrected chi connectivity index (χ2v) is 7.77. The van der Waals surface area contributed by atoms with Crippen molar-refractivity contribution < 1.29 is 14.6 Å². The van der Waals surface area contributed by atoms with E-state index in [0.29, 0.717) is 17.4 Å². The second kappa shape index (κ2) is 15.8. The first-order valence-electron chi connectivity index (χ1n) is 10.8. The van der Waals surface area contributed by atoms with E-state index in [1.54, 1.807) is 12.1 Å². The molecule has 0 saturated carbocycles. The predicted octanol–water partition coefficient (Wildman–Crippen LogP) is 7.90. The molecule has 3 nitrogen and oxygen atoms in total. The lowest BCUT2D eigenvalue weighted by molar-refractivity contribution is 0.0692. The summed E-state index contributed by atoms with van der Waals surface area (Å²) in [6.45, 7) is 2.78. The Hall–Kier alpha value is -1.22. The van der Waals surface area contributed by atoms with Crippen LogP contribution >= 0.6 is 11.6 Å². The van der Waals surface area contributed by atoms with Gasteiger partial charge in [0.2, 0.25) is 0 Å². The summed E-state index contributed by atoms with van der Waals surface area (Å²) in [5.74, 6) is -0.713. The molecule has 0 heterocycles. The Morgan fingerprint density at radius 1 is 0.852 bits per heavy atom. The quantitative estimate of drug-likeness (QED) is 0.272. The third-order valence-electron chi connectivity index (χ3n) is 4.94. The molecule has 0 aromatic heterocycles. The molecule has 27 heavy (non-hydrogen) atoms. The molecular formula is C23H37ClO3. The summed E-state index contributed by atoms with van der Waals surface area (Å²) >= 11 is 6.05. The minimum absolute atomic E-state index is 0.132. The zero-order chi connectivity index (χ0) is 19.7. The summed E-state index contributed by atoms with van der Waals surface area (Å²) in [5.41, 5.74) is 0.132. The van der Waals surface area contributed by atoms with Crippen LogP contribution in [0, 0.1) is 0 Å². The number of rotatable bonds is 17.